The van der Waals surface area contributed by atoms with Crippen molar-refractivity contribution in [2.45, 2.75) is 13.0 Å². The zero-order chi connectivity index (χ0) is 16.1. The predicted octanol–water partition coefficient (Wildman–Crippen LogP) is 0.822. The van der Waals surface area contributed by atoms with Gasteiger partial charge in [0.2, 0.25) is 0 Å². The fraction of sp³-hybridized carbons (Fsp3) is 0.467. The van der Waals surface area contributed by atoms with Crippen LogP contribution in [0, 0.1) is 5.82 Å². The number of piperazine rings is 1. The highest BCUT2D eigenvalue weighted by Gasteiger charge is 2.27. The molecular formula is C15H19FN2O4. The Morgan fingerprint density at radius 3 is 2.36 bits per heavy atom. The first-order valence-electron chi connectivity index (χ1n) is 7.10. The van der Waals surface area contributed by atoms with Crippen LogP contribution in [0.5, 0.6) is 5.75 Å². The van der Waals surface area contributed by atoms with E-state index in [4.69, 9.17) is 9.84 Å². The Hall–Kier alpha value is -2.15. The quantitative estimate of drug-likeness (QED) is 0.872. The van der Waals surface area contributed by atoms with E-state index in [2.05, 4.69) is 0 Å². The van der Waals surface area contributed by atoms with E-state index in [1.165, 1.54) is 24.3 Å². The number of hydrogen-bond donors (Lipinski definition) is 1. The Balaban J connectivity index is 1.77. The topological polar surface area (TPSA) is 70.1 Å². The van der Waals surface area contributed by atoms with Gasteiger partial charge in [-0.25, -0.2) is 4.39 Å². The molecule has 1 atom stereocenters. The number of halogens is 1. The average molecular weight is 310 g/mol. The molecule has 1 N–H and O–H groups in total. The Kier molecular flexibility index (Phi) is 5.32. The molecule has 1 heterocycles. The van der Waals surface area contributed by atoms with E-state index in [0.29, 0.717) is 31.9 Å². The van der Waals surface area contributed by atoms with E-state index in [1.54, 1.807) is 11.8 Å². The van der Waals surface area contributed by atoms with Gasteiger partial charge in [-0.05, 0) is 31.2 Å². The summed E-state index contributed by atoms with van der Waals surface area (Å²) in [6.07, 6.45) is 0. The normalized spacial score (nSPS) is 17.1. The maximum Gasteiger partial charge on any atom is 0.320 e. The molecule has 0 aliphatic carbocycles. The molecular weight excluding hydrogens is 291 g/mol. The maximum atomic E-state index is 12.8. The number of nitrogens with zero attached hydrogens (tertiary/aromatic N) is 2. The minimum Gasteiger partial charge on any atom is -0.484 e. The van der Waals surface area contributed by atoms with Crippen molar-refractivity contribution in [3.05, 3.63) is 30.1 Å². The van der Waals surface area contributed by atoms with Gasteiger partial charge in [0.15, 0.2) is 6.61 Å². The summed E-state index contributed by atoms with van der Waals surface area (Å²) in [5.41, 5.74) is 0. The van der Waals surface area contributed by atoms with Gasteiger partial charge in [-0.3, -0.25) is 14.5 Å². The standard InChI is InChI=1S/C15H19FN2O4/c1-11(15(20)21)17-6-8-18(9-7-17)14(19)10-22-13-4-2-12(16)3-5-13/h2-5,11H,6-10H2,1H3,(H,20,21). The van der Waals surface area contributed by atoms with E-state index < -0.39 is 12.0 Å². The second-order valence-electron chi connectivity index (χ2n) is 5.17. The first-order valence-corrected chi connectivity index (χ1v) is 7.10. The smallest absolute Gasteiger partial charge is 0.320 e. The van der Waals surface area contributed by atoms with Crippen LogP contribution in [0.25, 0.3) is 0 Å². The van der Waals surface area contributed by atoms with Crippen molar-refractivity contribution in [1.82, 2.24) is 9.80 Å². The summed E-state index contributed by atoms with van der Waals surface area (Å²) in [6.45, 7) is 3.52. The summed E-state index contributed by atoms with van der Waals surface area (Å²) in [5, 5.41) is 8.97. The molecule has 7 heteroatoms. The summed E-state index contributed by atoms with van der Waals surface area (Å²) < 4.78 is 18.1. The van der Waals surface area contributed by atoms with Crippen molar-refractivity contribution in [3.63, 3.8) is 0 Å². The van der Waals surface area contributed by atoms with Crippen LogP contribution in [0.3, 0.4) is 0 Å². The molecule has 0 radical (unpaired) electrons. The predicted molar refractivity (Wildman–Crippen MR) is 77.1 cm³/mol. The number of carboxylic acids is 1. The molecule has 0 spiro atoms. The summed E-state index contributed by atoms with van der Waals surface area (Å²) in [4.78, 5) is 26.4. The van der Waals surface area contributed by atoms with Crippen LogP contribution in [-0.2, 0) is 9.59 Å². The lowest BCUT2D eigenvalue weighted by Crippen LogP contribution is -2.53. The van der Waals surface area contributed by atoms with Gasteiger partial charge in [-0.2, -0.15) is 0 Å². The fourth-order valence-electron chi connectivity index (χ4n) is 2.28. The van der Waals surface area contributed by atoms with Crippen LogP contribution < -0.4 is 4.74 Å². The van der Waals surface area contributed by atoms with Crippen molar-refractivity contribution < 1.29 is 23.8 Å². The van der Waals surface area contributed by atoms with Crippen LogP contribution in [0.1, 0.15) is 6.92 Å². The molecule has 0 saturated carbocycles. The van der Waals surface area contributed by atoms with Crippen molar-refractivity contribution in [3.8, 4) is 5.75 Å². The SMILES string of the molecule is CC(C(=O)O)N1CCN(C(=O)COc2ccc(F)cc2)CC1. The number of ether oxygens (including phenoxy) is 1. The van der Waals surface area contributed by atoms with E-state index >= 15 is 0 Å². The van der Waals surface area contributed by atoms with Crippen molar-refractivity contribution in [2.75, 3.05) is 32.8 Å². The van der Waals surface area contributed by atoms with Gasteiger partial charge in [-0.15, -0.1) is 0 Å². The largest absolute Gasteiger partial charge is 0.484 e. The van der Waals surface area contributed by atoms with Crippen LogP contribution in [-0.4, -0.2) is 65.6 Å². The fourth-order valence-corrected chi connectivity index (χ4v) is 2.28. The molecule has 1 aliphatic heterocycles. The zero-order valence-corrected chi connectivity index (χ0v) is 12.4. The van der Waals surface area contributed by atoms with Gasteiger partial charge in [0.1, 0.15) is 17.6 Å². The number of rotatable bonds is 5. The van der Waals surface area contributed by atoms with Crippen LogP contribution in [0.4, 0.5) is 4.39 Å². The first kappa shape index (κ1) is 16.2. The van der Waals surface area contributed by atoms with Gasteiger partial charge in [0.05, 0.1) is 0 Å². The average Bonchev–Trinajstić information content (AvgIpc) is 2.53. The minimum absolute atomic E-state index is 0.111. The van der Waals surface area contributed by atoms with Gasteiger partial charge in [-0.1, -0.05) is 0 Å². The Labute approximate surface area is 128 Å². The molecule has 0 aromatic heterocycles. The van der Waals surface area contributed by atoms with Crippen LogP contribution in [0.2, 0.25) is 0 Å². The van der Waals surface area contributed by atoms with Crippen LogP contribution >= 0.6 is 0 Å². The molecule has 22 heavy (non-hydrogen) atoms. The van der Waals surface area contributed by atoms with Gasteiger partial charge in [0.25, 0.3) is 5.91 Å². The number of carbonyl (C=O) groups excluding carboxylic acids is 1. The molecule has 1 unspecified atom stereocenters. The van der Waals surface area contributed by atoms with Crippen molar-refractivity contribution in [1.29, 1.82) is 0 Å². The number of hydrogen-bond acceptors (Lipinski definition) is 4. The number of aliphatic carboxylic acids is 1. The monoisotopic (exact) mass is 310 g/mol. The molecule has 1 aromatic carbocycles. The van der Waals surface area contributed by atoms with E-state index in [1.807, 2.05) is 4.90 Å². The van der Waals surface area contributed by atoms with E-state index in [9.17, 15) is 14.0 Å². The van der Waals surface area contributed by atoms with Crippen molar-refractivity contribution in [2.24, 2.45) is 0 Å². The molecule has 1 saturated heterocycles. The summed E-state index contributed by atoms with van der Waals surface area (Å²) >= 11 is 0. The van der Waals surface area contributed by atoms with Gasteiger partial charge < -0.3 is 14.7 Å². The molecule has 1 aliphatic rings. The summed E-state index contributed by atoms with van der Waals surface area (Å²) in [5.74, 6) is -0.943. The highest BCUT2D eigenvalue weighted by atomic mass is 19.1. The van der Waals surface area contributed by atoms with Crippen molar-refractivity contribution >= 4 is 11.9 Å². The molecule has 1 amide bonds. The second-order valence-corrected chi connectivity index (χ2v) is 5.17. The van der Waals surface area contributed by atoms with Crippen LogP contribution in [0.15, 0.2) is 24.3 Å². The maximum absolute atomic E-state index is 12.8. The summed E-state index contributed by atoms with van der Waals surface area (Å²) in [6, 6.07) is 4.93. The molecule has 0 bridgehead atoms. The molecule has 2 rings (SSSR count). The molecule has 1 aromatic rings. The van der Waals surface area contributed by atoms with Gasteiger partial charge >= 0.3 is 5.97 Å². The Bertz CT molecular complexity index is 527. The number of benzene rings is 1. The zero-order valence-electron chi connectivity index (χ0n) is 12.4. The van der Waals surface area contributed by atoms with E-state index in [0.717, 1.165) is 0 Å². The lowest BCUT2D eigenvalue weighted by molar-refractivity contribution is -0.144. The first-order chi connectivity index (χ1) is 10.5. The second kappa shape index (κ2) is 7.22. The van der Waals surface area contributed by atoms with Gasteiger partial charge in [0, 0.05) is 26.2 Å². The number of carboxylic acid groups (broad SMARTS) is 1. The third-order valence-electron chi connectivity index (χ3n) is 3.75. The highest BCUT2D eigenvalue weighted by Crippen LogP contribution is 2.12. The molecule has 1 fully saturated rings. The highest BCUT2D eigenvalue weighted by molar-refractivity contribution is 5.78. The third kappa shape index (κ3) is 4.17. The molecule has 6 nitrogen and oxygen atoms in total. The van der Waals surface area contributed by atoms with E-state index in [-0.39, 0.29) is 18.3 Å². The summed E-state index contributed by atoms with van der Waals surface area (Å²) in [7, 11) is 0. The lowest BCUT2D eigenvalue weighted by Gasteiger charge is -2.36. The number of amides is 1. The lowest BCUT2D eigenvalue weighted by atomic mass is 10.2. The Morgan fingerprint density at radius 2 is 1.82 bits per heavy atom. The number of carbonyl (C=O) groups is 2. The Morgan fingerprint density at radius 1 is 1.23 bits per heavy atom. The third-order valence-corrected chi connectivity index (χ3v) is 3.75. The minimum atomic E-state index is -0.862. The molecule has 120 valence electrons.